The fourth-order valence-electron chi connectivity index (χ4n) is 2.60. The van der Waals surface area contributed by atoms with Crippen molar-refractivity contribution < 1.29 is 32.8 Å². The Bertz CT molecular complexity index is 654. The zero-order valence-electron chi connectivity index (χ0n) is 14.9. The van der Waals surface area contributed by atoms with Crippen LogP contribution in [-0.4, -0.2) is 59.9 Å². The maximum Gasteiger partial charge on any atom is 0.488 e. The summed E-state index contributed by atoms with van der Waals surface area (Å²) in [4.78, 5) is 15.2. The number of carbonyl (C=O) groups excluding carboxylic acids is 1. The van der Waals surface area contributed by atoms with Crippen LogP contribution < -0.4 is 10.4 Å². The van der Waals surface area contributed by atoms with Gasteiger partial charge < -0.3 is 24.6 Å². The first-order valence-electron chi connectivity index (χ1n) is 8.18. The molecule has 1 aromatic carbocycles. The third-order valence-electron chi connectivity index (χ3n) is 3.86. The van der Waals surface area contributed by atoms with Crippen molar-refractivity contribution in [1.29, 1.82) is 0 Å². The first-order valence-corrected chi connectivity index (χ1v) is 8.18. The number of benzene rings is 1. The van der Waals surface area contributed by atoms with Crippen LogP contribution in [0.5, 0.6) is 0 Å². The number of hydrogen-bond donors (Lipinski definition) is 2. The van der Waals surface area contributed by atoms with E-state index in [0.717, 1.165) is 6.07 Å². The first-order chi connectivity index (χ1) is 11.9. The SMILES string of the molecule is CC(C)(C)OC(=O)N1CCN(c2cc(B(O)O)cc(C(F)(F)F)c2)CC1. The van der Waals surface area contributed by atoms with Gasteiger partial charge in [-0.05, 0) is 38.4 Å². The maximum atomic E-state index is 13.1. The Morgan fingerprint density at radius 3 is 2.12 bits per heavy atom. The Kier molecular flexibility index (Phi) is 5.77. The zero-order valence-corrected chi connectivity index (χ0v) is 14.9. The Labute approximate surface area is 150 Å². The zero-order chi connectivity index (χ0) is 19.7. The van der Waals surface area contributed by atoms with Gasteiger partial charge in [0.05, 0.1) is 5.56 Å². The molecule has 0 saturated carbocycles. The van der Waals surface area contributed by atoms with Gasteiger partial charge in [-0.15, -0.1) is 0 Å². The van der Waals surface area contributed by atoms with Gasteiger partial charge in [0, 0.05) is 31.9 Å². The Morgan fingerprint density at radius 1 is 1.08 bits per heavy atom. The van der Waals surface area contributed by atoms with Crippen molar-refractivity contribution in [3.63, 3.8) is 0 Å². The normalized spacial score (nSPS) is 15.8. The van der Waals surface area contributed by atoms with Gasteiger partial charge in [-0.3, -0.25) is 0 Å². The highest BCUT2D eigenvalue weighted by atomic mass is 19.4. The topological polar surface area (TPSA) is 73.2 Å². The van der Waals surface area contributed by atoms with E-state index < -0.39 is 30.6 Å². The Morgan fingerprint density at radius 2 is 1.65 bits per heavy atom. The van der Waals surface area contributed by atoms with Crippen LogP contribution >= 0.6 is 0 Å². The molecule has 6 nitrogen and oxygen atoms in total. The Balaban J connectivity index is 2.13. The number of carbonyl (C=O) groups is 1. The summed E-state index contributed by atoms with van der Waals surface area (Å²) in [6.45, 7) is 6.47. The number of anilines is 1. The van der Waals surface area contributed by atoms with E-state index in [1.807, 2.05) is 0 Å². The lowest BCUT2D eigenvalue weighted by molar-refractivity contribution is -0.137. The first kappa shape index (κ1) is 20.4. The number of ether oxygens (including phenoxy) is 1. The van der Waals surface area contributed by atoms with E-state index in [2.05, 4.69) is 0 Å². The summed E-state index contributed by atoms with van der Waals surface area (Å²) in [6.07, 6.45) is -5.06. The molecule has 2 N–H and O–H groups in total. The monoisotopic (exact) mass is 374 g/mol. The molecule has 10 heteroatoms. The highest BCUT2D eigenvalue weighted by molar-refractivity contribution is 6.58. The predicted octanol–water partition coefficient (Wildman–Crippen LogP) is 1.44. The number of hydrogen-bond acceptors (Lipinski definition) is 5. The molecule has 1 fully saturated rings. The van der Waals surface area contributed by atoms with Crippen LogP contribution in [0.1, 0.15) is 26.3 Å². The van der Waals surface area contributed by atoms with Crippen LogP contribution in [0.3, 0.4) is 0 Å². The van der Waals surface area contributed by atoms with Crippen LogP contribution in [0.15, 0.2) is 18.2 Å². The summed E-state index contributed by atoms with van der Waals surface area (Å²) in [5.41, 5.74) is -1.58. The molecule has 0 atom stereocenters. The minimum absolute atomic E-state index is 0.228. The lowest BCUT2D eigenvalue weighted by atomic mass is 9.79. The summed E-state index contributed by atoms with van der Waals surface area (Å²) in [5.74, 6) is 0. The van der Waals surface area contributed by atoms with Crippen molar-refractivity contribution >= 4 is 24.4 Å². The van der Waals surface area contributed by atoms with E-state index in [9.17, 15) is 28.0 Å². The highest BCUT2D eigenvalue weighted by Gasteiger charge is 2.33. The van der Waals surface area contributed by atoms with Gasteiger partial charge in [-0.1, -0.05) is 6.07 Å². The van der Waals surface area contributed by atoms with Crippen molar-refractivity contribution in [3.05, 3.63) is 23.8 Å². The molecule has 0 unspecified atom stereocenters. The van der Waals surface area contributed by atoms with Gasteiger partial charge in [0.15, 0.2) is 0 Å². The molecule has 1 aliphatic rings. The fraction of sp³-hybridized carbons (Fsp3) is 0.562. The third-order valence-corrected chi connectivity index (χ3v) is 3.86. The molecule has 1 aliphatic heterocycles. The lowest BCUT2D eigenvalue weighted by Gasteiger charge is -2.37. The van der Waals surface area contributed by atoms with Crippen molar-refractivity contribution in [2.24, 2.45) is 0 Å². The van der Waals surface area contributed by atoms with Crippen molar-refractivity contribution in [1.82, 2.24) is 4.90 Å². The molecular weight excluding hydrogens is 352 g/mol. The van der Waals surface area contributed by atoms with Gasteiger partial charge in [0.25, 0.3) is 0 Å². The maximum absolute atomic E-state index is 13.1. The number of piperazine rings is 1. The van der Waals surface area contributed by atoms with Gasteiger partial charge >= 0.3 is 19.4 Å². The van der Waals surface area contributed by atoms with E-state index in [-0.39, 0.29) is 11.2 Å². The molecule has 26 heavy (non-hydrogen) atoms. The largest absolute Gasteiger partial charge is 0.488 e. The molecule has 1 heterocycles. The number of rotatable bonds is 2. The lowest BCUT2D eigenvalue weighted by Crippen LogP contribution is -2.50. The number of alkyl halides is 3. The number of halogens is 3. The van der Waals surface area contributed by atoms with Gasteiger partial charge in [-0.2, -0.15) is 13.2 Å². The van der Waals surface area contributed by atoms with E-state index in [4.69, 9.17) is 4.74 Å². The minimum Gasteiger partial charge on any atom is -0.444 e. The highest BCUT2D eigenvalue weighted by Crippen LogP contribution is 2.31. The molecule has 1 aromatic rings. The van der Waals surface area contributed by atoms with Crippen molar-refractivity contribution in [2.75, 3.05) is 31.1 Å². The van der Waals surface area contributed by atoms with Gasteiger partial charge in [0.2, 0.25) is 0 Å². The fourth-order valence-corrected chi connectivity index (χ4v) is 2.60. The molecule has 0 spiro atoms. The van der Waals surface area contributed by atoms with Crippen molar-refractivity contribution in [3.8, 4) is 0 Å². The molecule has 1 saturated heterocycles. The quantitative estimate of drug-likeness (QED) is 0.767. The van der Waals surface area contributed by atoms with E-state index in [1.165, 1.54) is 11.0 Å². The summed E-state index contributed by atoms with van der Waals surface area (Å²) < 4.78 is 44.4. The molecule has 144 valence electrons. The summed E-state index contributed by atoms with van der Waals surface area (Å²) in [7, 11) is -2.00. The standard InChI is InChI=1S/C16H22BF3N2O4/c1-15(2,3)26-14(23)22-6-4-21(5-7-22)13-9-11(16(18,19)20)8-12(10-13)17(24)25/h8-10,24-25H,4-7H2,1-3H3. The van der Waals surface area contributed by atoms with Crippen LogP contribution in [-0.2, 0) is 10.9 Å². The molecule has 0 radical (unpaired) electrons. The van der Waals surface area contributed by atoms with Crippen LogP contribution in [0.4, 0.5) is 23.7 Å². The Hall–Kier alpha value is -1.94. The minimum atomic E-state index is -4.60. The molecule has 0 aliphatic carbocycles. The van der Waals surface area contributed by atoms with E-state index >= 15 is 0 Å². The average molecular weight is 374 g/mol. The third kappa shape index (κ3) is 5.28. The average Bonchev–Trinajstić information content (AvgIpc) is 2.52. The number of nitrogens with zero attached hydrogens (tertiary/aromatic N) is 2. The second-order valence-electron chi connectivity index (χ2n) is 7.14. The second kappa shape index (κ2) is 7.36. The predicted molar refractivity (Wildman–Crippen MR) is 91.3 cm³/mol. The van der Waals surface area contributed by atoms with E-state index in [1.54, 1.807) is 25.7 Å². The molecule has 2 rings (SSSR count). The van der Waals surface area contributed by atoms with Gasteiger partial charge in [-0.25, -0.2) is 4.79 Å². The molecule has 1 amide bonds. The van der Waals surface area contributed by atoms with Crippen LogP contribution in [0.2, 0.25) is 0 Å². The number of amides is 1. The van der Waals surface area contributed by atoms with Crippen LogP contribution in [0.25, 0.3) is 0 Å². The molecule has 0 bridgehead atoms. The molecular formula is C16H22BF3N2O4. The van der Waals surface area contributed by atoms with Crippen LogP contribution in [0, 0.1) is 0 Å². The summed E-state index contributed by atoms with van der Waals surface area (Å²) >= 11 is 0. The summed E-state index contributed by atoms with van der Waals surface area (Å²) in [5, 5.41) is 18.5. The van der Waals surface area contributed by atoms with Crippen molar-refractivity contribution in [2.45, 2.75) is 32.5 Å². The molecule has 0 aromatic heterocycles. The van der Waals surface area contributed by atoms with E-state index in [0.29, 0.717) is 32.2 Å². The smallest absolute Gasteiger partial charge is 0.444 e. The second-order valence-corrected chi connectivity index (χ2v) is 7.14. The summed E-state index contributed by atoms with van der Waals surface area (Å²) in [6, 6.07) is 2.99. The van der Waals surface area contributed by atoms with Gasteiger partial charge in [0.1, 0.15) is 5.60 Å².